The molecule has 2 aliphatic rings. The second-order valence-corrected chi connectivity index (χ2v) is 8.23. The topological polar surface area (TPSA) is 57.5 Å². The highest BCUT2D eigenvalue weighted by molar-refractivity contribution is 6.13. The van der Waals surface area contributed by atoms with Gasteiger partial charge in [0.25, 0.3) is 5.91 Å². The van der Waals surface area contributed by atoms with Gasteiger partial charge in [-0.2, -0.15) is 0 Å². The summed E-state index contributed by atoms with van der Waals surface area (Å²) in [5.74, 6) is 0.781. The molecule has 2 aromatic carbocycles. The van der Waals surface area contributed by atoms with Gasteiger partial charge in [-0.1, -0.05) is 29.8 Å². The summed E-state index contributed by atoms with van der Waals surface area (Å²) in [4.78, 5) is 32.5. The van der Waals surface area contributed by atoms with E-state index in [1.807, 2.05) is 56.3 Å². The molecule has 1 atom stereocenters. The zero-order valence-electron chi connectivity index (χ0n) is 18.5. The number of anilines is 2. The molecular formula is C24H31N4O3+. The third-order valence-electron chi connectivity index (χ3n) is 6.12. The van der Waals surface area contributed by atoms with E-state index in [1.54, 1.807) is 11.8 Å². The lowest BCUT2D eigenvalue weighted by Gasteiger charge is -2.35. The third kappa shape index (κ3) is 4.23. The third-order valence-corrected chi connectivity index (χ3v) is 6.12. The smallest absolute Gasteiger partial charge is 0.336 e. The van der Waals surface area contributed by atoms with Gasteiger partial charge in [0.1, 0.15) is 11.8 Å². The van der Waals surface area contributed by atoms with E-state index in [0.29, 0.717) is 13.3 Å². The summed E-state index contributed by atoms with van der Waals surface area (Å²) < 4.78 is 5.77. The lowest BCUT2D eigenvalue weighted by Crippen LogP contribution is -3.16. The van der Waals surface area contributed by atoms with Crippen molar-refractivity contribution in [3.05, 3.63) is 54.1 Å². The van der Waals surface area contributed by atoms with Crippen LogP contribution in [0.3, 0.4) is 0 Å². The van der Waals surface area contributed by atoms with Gasteiger partial charge in [-0.25, -0.2) is 9.69 Å². The fourth-order valence-electron chi connectivity index (χ4n) is 4.35. The number of amides is 3. The van der Waals surface area contributed by atoms with Crippen molar-refractivity contribution in [1.82, 2.24) is 4.90 Å². The first-order chi connectivity index (χ1) is 15.0. The van der Waals surface area contributed by atoms with E-state index in [2.05, 4.69) is 11.0 Å². The molecule has 0 unspecified atom stereocenters. The number of ether oxygens (including phenoxy) is 1. The zero-order valence-corrected chi connectivity index (χ0v) is 18.5. The van der Waals surface area contributed by atoms with Crippen LogP contribution in [0.15, 0.2) is 48.5 Å². The Morgan fingerprint density at radius 3 is 2.39 bits per heavy atom. The SMILES string of the molecule is CCOc1ccccc1N1CC[NH+](CN2C(=O)[C@H](C)N(c3ccc(C)cc3)C2=O)CC1. The average Bonchev–Trinajstić information content (AvgIpc) is 2.99. The number of piperazine rings is 1. The first kappa shape index (κ1) is 21.2. The Hall–Kier alpha value is -3.06. The zero-order chi connectivity index (χ0) is 22.0. The van der Waals surface area contributed by atoms with E-state index in [0.717, 1.165) is 48.9 Å². The van der Waals surface area contributed by atoms with Gasteiger partial charge < -0.3 is 14.5 Å². The van der Waals surface area contributed by atoms with E-state index < -0.39 is 6.04 Å². The summed E-state index contributed by atoms with van der Waals surface area (Å²) in [6.07, 6.45) is 0. The Kier molecular flexibility index (Phi) is 6.13. The van der Waals surface area contributed by atoms with Crippen LogP contribution in [0.25, 0.3) is 0 Å². The number of hydrogen-bond donors (Lipinski definition) is 1. The van der Waals surface area contributed by atoms with Crippen LogP contribution in [-0.2, 0) is 4.79 Å². The Morgan fingerprint density at radius 1 is 1.03 bits per heavy atom. The standard InChI is InChI=1S/C24H30N4O3/c1-4-31-22-8-6-5-7-21(22)26-15-13-25(14-16-26)17-27-23(29)19(3)28(24(27)30)20-11-9-18(2)10-12-20/h5-12,19H,4,13-17H2,1-3H3/p+1/t19-/m0/s1. The summed E-state index contributed by atoms with van der Waals surface area (Å²) in [5.41, 5.74) is 3.00. The number of nitrogens with zero attached hydrogens (tertiary/aromatic N) is 3. The summed E-state index contributed by atoms with van der Waals surface area (Å²) in [7, 11) is 0. The lowest BCUT2D eigenvalue weighted by atomic mass is 10.2. The molecule has 164 valence electrons. The normalized spacial score (nSPS) is 20.0. The minimum absolute atomic E-state index is 0.123. The van der Waals surface area contributed by atoms with E-state index in [4.69, 9.17) is 4.74 Å². The summed E-state index contributed by atoms with van der Waals surface area (Å²) in [6.45, 7) is 10.3. The molecule has 2 heterocycles. The first-order valence-corrected chi connectivity index (χ1v) is 11.0. The lowest BCUT2D eigenvalue weighted by molar-refractivity contribution is -0.907. The van der Waals surface area contributed by atoms with Gasteiger partial charge in [0.2, 0.25) is 0 Å². The number of aryl methyl sites for hydroxylation is 1. The van der Waals surface area contributed by atoms with Gasteiger partial charge in [0.15, 0.2) is 6.67 Å². The van der Waals surface area contributed by atoms with E-state index in [1.165, 1.54) is 9.80 Å². The van der Waals surface area contributed by atoms with Gasteiger partial charge in [-0.15, -0.1) is 0 Å². The number of rotatable bonds is 6. The van der Waals surface area contributed by atoms with Crippen LogP contribution in [0.5, 0.6) is 5.75 Å². The monoisotopic (exact) mass is 423 g/mol. The number of carbonyl (C=O) groups excluding carboxylic acids is 2. The minimum atomic E-state index is -0.478. The summed E-state index contributed by atoms with van der Waals surface area (Å²) in [5, 5.41) is 0. The van der Waals surface area contributed by atoms with Crippen LogP contribution in [0.4, 0.5) is 16.2 Å². The van der Waals surface area contributed by atoms with Gasteiger partial charge >= 0.3 is 6.03 Å². The highest BCUT2D eigenvalue weighted by atomic mass is 16.5. The maximum Gasteiger partial charge on any atom is 0.336 e. The quantitative estimate of drug-likeness (QED) is 0.722. The fraction of sp³-hybridized carbons (Fsp3) is 0.417. The molecule has 0 saturated carbocycles. The van der Waals surface area contributed by atoms with Crippen molar-refractivity contribution in [2.24, 2.45) is 0 Å². The Labute approximate surface area is 183 Å². The average molecular weight is 424 g/mol. The molecule has 2 saturated heterocycles. The van der Waals surface area contributed by atoms with Crippen LogP contribution in [0, 0.1) is 6.92 Å². The van der Waals surface area contributed by atoms with Crippen molar-refractivity contribution >= 4 is 23.3 Å². The largest absolute Gasteiger partial charge is 0.492 e. The Bertz CT molecular complexity index is 938. The first-order valence-electron chi connectivity index (χ1n) is 11.0. The van der Waals surface area contributed by atoms with Crippen molar-refractivity contribution in [3.63, 3.8) is 0 Å². The molecule has 31 heavy (non-hydrogen) atoms. The molecule has 0 aliphatic carbocycles. The number of hydrogen-bond acceptors (Lipinski definition) is 4. The number of urea groups is 1. The fourth-order valence-corrected chi connectivity index (χ4v) is 4.35. The molecule has 2 aromatic rings. The predicted octanol–water partition coefficient (Wildman–Crippen LogP) is 1.91. The molecule has 2 aliphatic heterocycles. The minimum Gasteiger partial charge on any atom is -0.492 e. The van der Waals surface area contributed by atoms with E-state index in [9.17, 15) is 9.59 Å². The molecular weight excluding hydrogens is 392 g/mol. The molecule has 0 radical (unpaired) electrons. The predicted molar refractivity (Wildman–Crippen MR) is 121 cm³/mol. The molecule has 0 spiro atoms. The van der Waals surface area contributed by atoms with E-state index >= 15 is 0 Å². The molecule has 0 aromatic heterocycles. The number of para-hydroxylation sites is 2. The van der Waals surface area contributed by atoms with Gasteiger partial charge in [-0.3, -0.25) is 9.69 Å². The van der Waals surface area contributed by atoms with Crippen molar-refractivity contribution in [1.29, 1.82) is 0 Å². The van der Waals surface area contributed by atoms with E-state index in [-0.39, 0.29) is 11.9 Å². The van der Waals surface area contributed by atoms with Crippen LogP contribution in [0.2, 0.25) is 0 Å². The van der Waals surface area contributed by atoms with Crippen molar-refractivity contribution in [2.45, 2.75) is 26.8 Å². The van der Waals surface area contributed by atoms with Crippen LogP contribution >= 0.6 is 0 Å². The molecule has 4 rings (SSSR count). The van der Waals surface area contributed by atoms with Crippen molar-refractivity contribution in [2.75, 3.05) is 49.3 Å². The summed E-state index contributed by atoms with van der Waals surface area (Å²) >= 11 is 0. The molecule has 3 amide bonds. The highest BCUT2D eigenvalue weighted by Crippen LogP contribution is 2.28. The number of imide groups is 1. The highest BCUT2D eigenvalue weighted by Gasteiger charge is 2.45. The van der Waals surface area contributed by atoms with Crippen LogP contribution in [0.1, 0.15) is 19.4 Å². The van der Waals surface area contributed by atoms with Gasteiger partial charge in [-0.05, 0) is 45.0 Å². The number of quaternary nitrogens is 1. The Balaban J connectivity index is 1.40. The maximum atomic E-state index is 13.1. The second kappa shape index (κ2) is 8.98. The summed E-state index contributed by atoms with van der Waals surface area (Å²) in [6, 6.07) is 15.1. The molecule has 0 bridgehead atoms. The molecule has 7 nitrogen and oxygen atoms in total. The Morgan fingerprint density at radius 2 is 1.71 bits per heavy atom. The van der Waals surface area contributed by atoms with Crippen LogP contribution < -0.4 is 19.4 Å². The molecule has 7 heteroatoms. The maximum absolute atomic E-state index is 13.1. The number of carbonyl (C=O) groups is 2. The molecule has 1 N–H and O–H groups in total. The van der Waals surface area contributed by atoms with Gasteiger partial charge in [0, 0.05) is 5.69 Å². The number of benzene rings is 2. The van der Waals surface area contributed by atoms with Gasteiger partial charge in [0.05, 0.1) is 38.5 Å². The second-order valence-electron chi connectivity index (χ2n) is 8.23. The van der Waals surface area contributed by atoms with Crippen molar-refractivity contribution < 1.29 is 19.2 Å². The number of nitrogens with one attached hydrogen (secondary N) is 1. The van der Waals surface area contributed by atoms with Crippen LogP contribution in [-0.4, -0.2) is 62.3 Å². The molecule has 2 fully saturated rings. The van der Waals surface area contributed by atoms with Crippen molar-refractivity contribution in [3.8, 4) is 5.75 Å².